The second-order valence-corrected chi connectivity index (χ2v) is 7.70. The third-order valence-electron chi connectivity index (χ3n) is 4.93. The summed E-state index contributed by atoms with van der Waals surface area (Å²) in [6.07, 6.45) is 0.323. The SMILES string of the molecule is CC(C)(C)c1cccc(C2CC(c3cc(=O)[nH]o3)CCN2C(=O)O)c1. The zero-order chi connectivity index (χ0) is 18.2. The van der Waals surface area contributed by atoms with Crippen LogP contribution in [0, 0.1) is 0 Å². The fourth-order valence-electron chi connectivity index (χ4n) is 3.48. The Morgan fingerprint density at radius 3 is 2.68 bits per heavy atom. The molecule has 25 heavy (non-hydrogen) atoms. The number of piperidine rings is 1. The zero-order valence-corrected chi connectivity index (χ0v) is 14.8. The third kappa shape index (κ3) is 3.62. The summed E-state index contributed by atoms with van der Waals surface area (Å²) < 4.78 is 5.26. The van der Waals surface area contributed by atoms with E-state index in [4.69, 9.17) is 4.52 Å². The zero-order valence-electron chi connectivity index (χ0n) is 14.8. The number of amides is 1. The standard InChI is InChI=1S/C19H24N2O4/c1-19(2,3)14-6-4-5-12(9-14)15-10-13(7-8-21(15)18(23)24)16-11-17(22)20-25-16/h4-6,9,11,13,15H,7-8,10H2,1-3H3,(H,20,22)(H,23,24). The second-order valence-electron chi connectivity index (χ2n) is 7.70. The summed E-state index contributed by atoms with van der Waals surface area (Å²) in [6.45, 7) is 6.83. The maximum atomic E-state index is 11.7. The molecule has 0 spiro atoms. The van der Waals surface area contributed by atoms with Crippen molar-refractivity contribution in [1.29, 1.82) is 0 Å². The Morgan fingerprint density at radius 1 is 1.32 bits per heavy atom. The van der Waals surface area contributed by atoms with E-state index in [1.54, 1.807) is 0 Å². The van der Waals surface area contributed by atoms with E-state index in [1.165, 1.54) is 16.5 Å². The highest BCUT2D eigenvalue weighted by Gasteiger charge is 2.35. The van der Waals surface area contributed by atoms with Crippen molar-refractivity contribution in [3.63, 3.8) is 0 Å². The van der Waals surface area contributed by atoms with Crippen molar-refractivity contribution < 1.29 is 14.4 Å². The first-order valence-electron chi connectivity index (χ1n) is 8.54. The van der Waals surface area contributed by atoms with Crippen molar-refractivity contribution >= 4 is 6.09 Å². The Morgan fingerprint density at radius 2 is 2.08 bits per heavy atom. The molecule has 2 unspecified atom stereocenters. The van der Waals surface area contributed by atoms with Crippen LogP contribution in [0.2, 0.25) is 0 Å². The summed E-state index contributed by atoms with van der Waals surface area (Å²) in [5, 5.41) is 11.9. The van der Waals surface area contributed by atoms with Gasteiger partial charge in [-0.3, -0.25) is 4.79 Å². The predicted octanol–water partition coefficient (Wildman–Crippen LogP) is 3.86. The molecule has 6 heteroatoms. The van der Waals surface area contributed by atoms with Crippen LogP contribution in [-0.2, 0) is 5.41 Å². The van der Waals surface area contributed by atoms with E-state index in [0.717, 1.165) is 5.56 Å². The van der Waals surface area contributed by atoms with Crippen LogP contribution < -0.4 is 5.56 Å². The average molecular weight is 344 g/mol. The number of carboxylic acid groups (broad SMARTS) is 1. The largest absolute Gasteiger partial charge is 0.465 e. The number of nitrogens with zero attached hydrogens (tertiary/aromatic N) is 1. The number of hydrogen-bond donors (Lipinski definition) is 2. The molecule has 2 atom stereocenters. The molecular weight excluding hydrogens is 320 g/mol. The van der Waals surface area contributed by atoms with E-state index in [1.807, 2.05) is 12.1 Å². The molecule has 0 saturated carbocycles. The van der Waals surface area contributed by atoms with E-state index >= 15 is 0 Å². The first-order valence-corrected chi connectivity index (χ1v) is 8.54. The van der Waals surface area contributed by atoms with Gasteiger partial charge in [-0.15, -0.1) is 0 Å². The van der Waals surface area contributed by atoms with Crippen LogP contribution >= 0.6 is 0 Å². The molecule has 0 bridgehead atoms. The highest BCUT2D eigenvalue weighted by molar-refractivity contribution is 5.66. The van der Waals surface area contributed by atoms with Gasteiger partial charge in [0.25, 0.3) is 5.56 Å². The van der Waals surface area contributed by atoms with Crippen molar-refractivity contribution in [2.45, 2.75) is 51.0 Å². The molecule has 1 aliphatic heterocycles. The Labute approximate surface area is 146 Å². The molecule has 0 radical (unpaired) electrons. The summed E-state index contributed by atoms with van der Waals surface area (Å²) in [5.74, 6) is 0.629. The van der Waals surface area contributed by atoms with E-state index in [2.05, 4.69) is 38.1 Å². The number of likely N-dealkylation sites (tertiary alicyclic amines) is 1. The normalized spacial score (nSPS) is 21.3. The van der Waals surface area contributed by atoms with Gasteiger partial charge in [-0.2, -0.15) is 5.16 Å². The molecule has 1 saturated heterocycles. The highest BCUT2D eigenvalue weighted by atomic mass is 16.5. The molecule has 2 aromatic rings. The molecule has 3 rings (SSSR count). The number of aromatic nitrogens is 1. The average Bonchev–Trinajstić information content (AvgIpc) is 3.00. The monoisotopic (exact) mass is 344 g/mol. The second kappa shape index (κ2) is 6.43. The van der Waals surface area contributed by atoms with Gasteiger partial charge in [0.2, 0.25) is 0 Å². The Kier molecular flexibility index (Phi) is 4.45. The smallest absolute Gasteiger partial charge is 0.407 e. The van der Waals surface area contributed by atoms with E-state index in [9.17, 15) is 14.7 Å². The van der Waals surface area contributed by atoms with Crippen LogP contribution in [0.3, 0.4) is 0 Å². The van der Waals surface area contributed by atoms with Crippen LogP contribution in [0.4, 0.5) is 4.79 Å². The molecule has 2 heterocycles. The number of carbonyl (C=O) groups is 1. The van der Waals surface area contributed by atoms with Gasteiger partial charge in [0, 0.05) is 18.5 Å². The molecule has 1 aliphatic rings. The van der Waals surface area contributed by atoms with Gasteiger partial charge >= 0.3 is 6.09 Å². The molecule has 6 nitrogen and oxygen atoms in total. The number of aromatic amines is 1. The Balaban J connectivity index is 1.94. The van der Waals surface area contributed by atoms with Crippen molar-refractivity contribution in [2.75, 3.05) is 6.54 Å². The maximum absolute atomic E-state index is 11.7. The van der Waals surface area contributed by atoms with Crippen LogP contribution in [0.15, 0.2) is 39.6 Å². The number of H-pyrrole nitrogens is 1. The Bertz CT molecular complexity index is 815. The first-order chi connectivity index (χ1) is 11.8. The fourth-order valence-corrected chi connectivity index (χ4v) is 3.48. The molecule has 1 fully saturated rings. The minimum atomic E-state index is -0.917. The molecule has 2 N–H and O–H groups in total. The van der Waals surface area contributed by atoms with Crippen molar-refractivity contribution in [3.05, 3.63) is 57.6 Å². The lowest BCUT2D eigenvalue weighted by atomic mass is 9.82. The number of nitrogens with one attached hydrogen (secondary N) is 1. The van der Waals surface area contributed by atoms with E-state index < -0.39 is 6.09 Å². The minimum Gasteiger partial charge on any atom is -0.465 e. The van der Waals surface area contributed by atoms with Crippen LogP contribution in [0.1, 0.15) is 62.5 Å². The lowest BCUT2D eigenvalue weighted by Gasteiger charge is -2.37. The molecule has 1 aromatic carbocycles. The number of hydrogen-bond acceptors (Lipinski definition) is 3. The Hall–Kier alpha value is -2.50. The minimum absolute atomic E-state index is 0.00837. The van der Waals surface area contributed by atoms with Gasteiger partial charge in [-0.1, -0.05) is 45.0 Å². The summed E-state index contributed by atoms with van der Waals surface area (Å²) in [5.41, 5.74) is 1.89. The number of benzene rings is 1. The van der Waals surface area contributed by atoms with Crippen LogP contribution in [-0.4, -0.2) is 27.8 Å². The first kappa shape index (κ1) is 17.3. The van der Waals surface area contributed by atoms with Crippen LogP contribution in [0.25, 0.3) is 0 Å². The summed E-state index contributed by atoms with van der Waals surface area (Å²) in [6, 6.07) is 9.33. The summed E-state index contributed by atoms with van der Waals surface area (Å²) >= 11 is 0. The lowest BCUT2D eigenvalue weighted by Crippen LogP contribution is -2.39. The molecule has 0 aliphatic carbocycles. The predicted molar refractivity (Wildman–Crippen MR) is 93.9 cm³/mol. The van der Waals surface area contributed by atoms with E-state index in [0.29, 0.717) is 25.1 Å². The van der Waals surface area contributed by atoms with Crippen molar-refractivity contribution in [1.82, 2.24) is 10.1 Å². The van der Waals surface area contributed by atoms with Gasteiger partial charge < -0.3 is 14.5 Å². The van der Waals surface area contributed by atoms with Crippen LogP contribution in [0.5, 0.6) is 0 Å². The molecule has 1 aromatic heterocycles. The fraction of sp³-hybridized carbons (Fsp3) is 0.474. The molecule has 134 valence electrons. The van der Waals surface area contributed by atoms with E-state index in [-0.39, 0.29) is 22.9 Å². The topological polar surface area (TPSA) is 86.5 Å². The van der Waals surface area contributed by atoms with Gasteiger partial charge in [0.1, 0.15) is 5.76 Å². The van der Waals surface area contributed by atoms with Gasteiger partial charge in [0.05, 0.1) is 6.04 Å². The lowest BCUT2D eigenvalue weighted by molar-refractivity contribution is 0.0967. The maximum Gasteiger partial charge on any atom is 0.407 e. The van der Waals surface area contributed by atoms with Crippen molar-refractivity contribution in [2.24, 2.45) is 0 Å². The summed E-state index contributed by atoms with van der Waals surface area (Å²) in [7, 11) is 0. The molecule has 1 amide bonds. The van der Waals surface area contributed by atoms with Gasteiger partial charge in [-0.05, 0) is 29.4 Å². The van der Waals surface area contributed by atoms with Gasteiger partial charge in [0.15, 0.2) is 0 Å². The quantitative estimate of drug-likeness (QED) is 0.866. The van der Waals surface area contributed by atoms with Crippen molar-refractivity contribution in [3.8, 4) is 0 Å². The molecular formula is C19H24N2O4. The van der Waals surface area contributed by atoms with Gasteiger partial charge in [-0.25, -0.2) is 4.79 Å². The highest BCUT2D eigenvalue weighted by Crippen LogP contribution is 2.40. The number of rotatable bonds is 2. The third-order valence-corrected chi connectivity index (χ3v) is 4.93. The summed E-state index contributed by atoms with van der Waals surface area (Å²) in [4.78, 5) is 24.6.